The monoisotopic (exact) mass is 512 g/mol. The number of nitrogens with zero attached hydrogens (tertiary/aromatic N) is 5. The Bertz CT molecular complexity index is 1490. The number of carbonyl (C=O) groups is 1. The second-order valence-electron chi connectivity index (χ2n) is 7.89. The Morgan fingerprint density at radius 1 is 1.14 bits per heavy atom. The third-order valence-electron chi connectivity index (χ3n) is 5.34. The van der Waals surface area contributed by atoms with Gasteiger partial charge in [-0.2, -0.15) is 23.3 Å². The molecule has 1 aliphatic heterocycles. The van der Waals surface area contributed by atoms with Gasteiger partial charge in [-0.3, -0.25) is 4.98 Å². The van der Waals surface area contributed by atoms with E-state index in [1.165, 1.54) is 31.6 Å². The van der Waals surface area contributed by atoms with Crippen molar-refractivity contribution in [2.45, 2.75) is 20.0 Å². The van der Waals surface area contributed by atoms with Gasteiger partial charge in [-0.15, -0.1) is 0 Å². The highest BCUT2D eigenvalue weighted by Gasteiger charge is 2.35. The summed E-state index contributed by atoms with van der Waals surface area (Å²) in [5.74, 6) is 0.671. The zero-order chi connectivity index (χ0) is 26.2. The van der Waals surface area contributed by atoms with Crippen molar-refractivity contribution in [2.75, 3.05) is 18.7 Å². The number of esters is 1. The highest BCUT2D eigenvalue weighted by molar-refractivity contribution is 5.91. The first-order valence-electron chi connectivity index (χ1n) is 11.0. The van der Waals surface area contributed by atoms with Crippen molar-refractivity contribution < 1.29 is 32.2 Å². The zero-order valence-corrected chi connectivity index (χ0v) is 19.5. The summed E-state index contributed by atoms with van der Waals surface area (Å²) < 4.78 is 57.0. The lowest BCUT2D eigenvalue weighted by molar-refractivity contribution is -0.141. The summed E-state index contributed by atoms with van der Waals surface area (Å²) in [7, 11) is 0. The number of aryl methyl sites for hydroxylation is 1. The number of alkyl halides is 3. The molecule has 190 valence electrons. The second kappa shape index (κ2) is 9.41. The summed E-state index contributed by atoms with van der Waals surface area (Å²) in [5.41, 5.74) is 0.547. The van der Waals surface area contributed by atoms with Crippen molar-refractivity contribution in [3.63, 3.8) is 0 Å². The summed E-state index contributed by atoms with van der Waals surface area (Å²) in [6.45, 7) is 3.43. The van der Waals surface area contributed by atoms with Crippen LogP contribution in [0.5, 0.6) is 11.5 Å². The van der Waals surface area contributed by atoms with Crippen LogP contribution in [0.4, 0.5) is 24.8 Å². The lowest BCUT2D eigenvalue weighted by Crippen LogP contribution is -2.11. The Hall–Kier alpha value is -4.68. The standard InChI is InChI=1S/C24H19F3N6O4/c1-3-35-22(34)15-7-14(9-28-10-15)17-11-29-23(30-16-4-5-18-19(8-16)37-12-36-18)31-21(17)33-13(2)6-20(32-33)24(25,26)27/h4-11H,3,12H2,1-2H3,(H,29,30,31). The molecule has 1 N–H and O–H groups in total. The van der Waals surface area contributed by atoms with Crippen molar-refractivity contribution in [1.82, 2.24) is 24.7 Å². The van der Waals surface area contributed by atoms with E-state index in [2.05, 4.69) is 25.4 Å². The lowest BCUT2D eigenvalue weighted by atomic mass is 10.1. The highest BCUT2D eigenvalue weighted by Crippen LogP contribution is 2.36. The number of hydrogen-bond acceptors (Lipinski definition) is 9. The lowest BCUT2D eigenvalue weighted by Gasteiger charge is -2.13. The third-order valence-corrected chi connectivity index (χ3v) is 5.34. The molecule has 1 aromatic carbocycles. The van der Waals surface area contributed by atoms with Gasteiger partial charge in [0.05, 0.1) is 12.2 Å². The van der Waals surface area contributed by atoms with E-state index >= 15 is 0 Å². The van der Waals surface area contributed by atoms with Gasteiger partial charge in [0, 0.05) is 47.2 Å². The Kier molecular flexibility index (Phi) is 6.11. The van der Waals surface area contributed by atoms with Crippen LogP contribution in [0.2, 0.25) is 0 Å². The molecule has 0 spiro atoms. The van der Waals surface area contributed by atoms with Crippen molar-refractivity contribution >= 4 is 17.6 Å². The first kappa shape index (κ1) is 24.0. The van der Waals surface area contributed by atoms with E-state index in [-0.39, 0.29) is 36.4 Å². The van der Waals surface area contributed by atoms with Gasteiger partial charge in [0.2, 0.25) is 12.7 Å². The Labute approximate surface area is 208 Å². The van der Waals surface area contributed by atoms with E-state index in [0.29, 0.717) is 28.3 Å². The van der Waals surface area contributed by atoms with E-state index in [4.69, 9.17) is 14.2 Å². The normalized spacial score (nSPS) is 12.5. The van der Waals surface area contributed by atoms with Crippen LogP contribution >= 0.6 is 0 Å². The first-order valence-corrected chi connectivity index (χ1v) is 11.0. The van der Waals surface area contributed by atoms with E-state index in [0.717, 1.165) is 10.7 Å². The topological polar surface area (TPSA) is 113 Å². The molecule has 1 aliphatic rings. The van der Waals surface area contributed by atoms with E-state index in [9.17, 15) is 18.0 Å². The molecule has 0 atom stereocenters. The minimum atomic E-state index is -4.65. The fraction of sp³-hybridized carbons (Fsp3) is 0.208. The van der Waals surface area contributed by atoms with Crippen molar-refractivity contribution in [3.05, 3.63) is 65.9 Å². The molecule has 10 nitrogen and oxygen atoms in total. The predicted molar refractivity (Wildman–Crippen MR) is 124 cm³/mol. The SMILES string of the molecule is CCOC(=O)c1cncc(-c2cnc(Nc3ccc4c(c3)OCO4)nc2-n2nc(C(F)(F)F)cc2C)c1. The Morgan fingerprint density at radius 3 is 2.70 bits per heavy atom. The van der Waals surface area contributed by atoms with Crippen LogP contribution in [0.1, 0.15) is 28.7 Å². The molecular formula is C24H19F3N6O4. The van der Waals surface area contributed by atoms with E-state index in [1.807, 2.05) is 0 Å². The molecule has 0 saturated carbocycles. The number of ether oxygens (including phenoxy) is 3. The molecule has 0 unspecified atom stereocenters. The van der Waals surface area contributed by atoms with Gasteiger partial charge in [0.1, 0.15) is 0 Å². The number of nitrogens with one attached hydrogen (secondary N) is 1. The number of anilines is 2. The molecule has 0 bridgehead atoms. The van der Waals surface area contributed by atoms with Crippen LogP contribution in [-0.4, -0.2) is 44.1 Å². The summed E-state index contributed by atoms with van der Waals surface area (Å²) >= 11 is 0. The molecule has 4 heterocycles. The molecule has 4 aromatic rings. The molecule has 37 heavy (non-hydrogen) atoms. The first-order chi connectivity index (χ1) is 17.7. The predicted octanol–water partition coefficient (Wildman–Crippen LogP) is 4.70. The van der Waals surface area contributed by atoms with E-state index < -0.39 is 17.8 Å². The van der Waals surface area contributed by atoms with Crippen LogP contribution in [0.3, 0.4) is 0 Å². The number of benzene rings is 1. The zero-order valence-electron chi connectivity index (χ0n) is 19.5. The smallest absolute Gasteiger partial charge is 0.435 e. The van der Waals surface area contributed by atoms with Crippen molar-refractivity contribution in [1.29, 1.82) is 0 Å². The van der Waals surface area contributed by atoms with Crippen LogP contribution in [0, 0.1) is 6.92 Å². The Balaban J connectivity index is 1.60. The van der Waals surface area contributed by atoms with Gasteiger partial charge in [-0.05, 0) is 38.1 Å². The second-order valence-corrected chi connectivity index (χ2v) is 7.89. The average molecular weight is 512 g/mol. The molecule has 0 amide bonds. The molecule has 0 saturated heterocycles. The maximum atomic E-state index is 13.4. The van der Waals surface area contributed by atoms with Gasteiger partial charge in [-0.1, -0.05) is 0 Å². The van der Waals surface area contributed by atoms with Crippen LogP contribution in [-0.2, 0) is 10.9 Å². The summed E-state index contributed by atoms with van der Waals surface area (Å²) in [5, 5.41) is 6.76. The molecule has 0 radical (unpaired) electrons. The molecule has 3 aromatic heterocycles. The molecular weight excluding hydrogens is 493 g/mol. The number of carbonyl (C=O) groups excluding carboxylic acids is 1. The van der Waals surface area contributed by atoms with Gasteiger partial charge in [-0.25, -0.2) is 14.5 Å². The number of halogens is 3. The van der Waals surface area contributed by atoms with E-state index in [1.54, 1.807) is 25.1 Å². The van der Waals surface area contributed by atoms with Gasteiger partial charge in [0.25, 0.3) is 0 Å². The quantitative estimate of drug-likeness (QED) is 0.367. The Morgan fingerprint density at radius 2 is 1.95 bits per heavy atom. The largest absolute Gasteiger partial charge is 0.462 e. The minimum absolute atomic E-state index is 0.0500. The number of aromatic nitrogens is 5. The van der Waals surface area contributed by atoms with Crippen LogP contribution in [0.25, 0.3) is 16.9 Å². The molecule has 5 rings (SSSR count). The summed E-state index contributed by atoms with van der Waals surface area (Å²) in [6, 6.07) is 7.54. The summed E-state index contributed by atoms with van der Waals surface area (Å²) in [6.07, 6.45) is -0.460. The van der Waals surface area contributed by atoms with Crippen molar-refractivity contribution in [2.24, 2.45) is 0 Å². The molecule has 13 heteroatoms. The van der Waals surface area contributed by atoms with Gasteiger partial charge in [0.15, 0.2) is 23.0 Å². The fourth-order valence-corrected chi connectivity index (χ4v) is 3.64. The molecule has 0 fully saturated rings. The maximum absolute atomic E-state index is 13.4. The fourth-order valence-electron chi connectivity index (χ4n) is 3.64. The highest BCUT2D eigenvalue weighted by atomic mass is 19.4. The molecule has 0 aliphatic carbocycles. The third kappa shape index (κ3) is 4.87. The number of pyridine rings is 1. The van der Waals surface area contributed by atoms with Gasteiger partial charge >= 0.3 is 12.1 Å². The van der Waals surface area contributed by atoms with Gasteiger partial charge < -0.3 is 19.5 Å². The van der Waals surface area contributed by atoms with Crippen LogP contribution in [0.15, 0.2) is 48.9 Å². The number of rotatable bonds is 6. The summed E-state index contributed by atoms with van der Waals surface area (Å²) in [4.78, 5) is 25.1. The van der Waals surface area contributed by atoms with Crippen molar-refractivity contribution in [3.8, 4) is 28.4 Å². The maximum Gasteiger partial charge on any atom is 0.435 e. The average Bonchev–Trinajstić information content (AvgIpc) is 3.50. The minimum Gasteiger partial charge on any atom is -0.462 e. The van der Waals surface area contributed by atoms with Crippen LogP contribution < -0.4 is 14.8 Å². The number of hydrogen-bond donors (Lipinski definition) is 1. The number of fused-ring (bicyclic) bond motifs is 1.